The predicted molar refractivity (Wildman–Crippen MR) is 80.2 cm³/mol. The molecule has 0 aliphatic heterocycles. The minimum absolute atomic E-state index is 0.0636. The third kappa shape index (κ3) is 6.40. The summed E-state index contributed by atoms with van der Waals surface area (Å²) < 4.78 is 4.53. The quantitative estimate of drug-likeness (QED) is 0.734. The summed E-state index contributed by atoms with van der Waals surface area (Å²) in [5, 5.41) is 4.53. The van der Waals surface area contributed by atoms with E-state index >= 15 is 0 Å². The Bertz CT molecular complexity index is 473. The minimum Gasteiger partial charge on any atom is -0.469 e. The van der Waals surface area contributed by atoms with Crippen molar-refractivity contribution in [3.8, 4) is 0 Å². The standard InChI is InChI=1S/C14H20N2O4S/c1-16(9-3-6-13(18)20-2)12(17)7-8-15-14(19)11-5-4-10-21-11/h4-5,10H,3,6-9H2,1-2H3,(H,15,19). The molecule has 0 aromatic carbocycles. The van der Waals surface area contributed by atoms with Crippen molar-refractivity contribution < 1.29 is 19.1 Å². The lowest BCUT2D eigenvalue weighted by Crippen LogP contribution is -2.32. The van der Waals surface area contributed by atoms with Crippen LogP contribution >= 0.6 is 11.3 Å². The molecule has 0 bridgehead atoms. The Balaban J connectivity index is 2.17. The summed E-state index contributed by atoms with van der Waals surface area (Å²) in [5.74, 6) is -0.503. The van der Waals surface area contributed by atoms with Gasteiger partial charge in [0.05, 0.1) is 12.0 Å². The third-order valence-electron chi connectivity index (χ3n) is 2.90. The molecule has 2 amide bonds. The van der Waals surface area contributed by atoms with Gasteiger partial charge in [-0.3, -0.25) is 14.4 Å². The van der Waals surface area contributed by atoms with E-state index in [1.54, 1.807) is 24.1 Å². The molecule has 1 heterocycles. The van der Waals surface area contributed by atoms with Crippen LogP contribution in [0.25, 0.3) is 0 Å². The molecule has 7 heteroatoms. The molecule has 0 saturated heterocycles. The van der Waals surface area contributed by atoms with Gasteiger partial charge in [0.15, 0.2) is 0 Å². The number of nitrogens with one attached hydrogen (secondary N) is 1. The van der Waals surface area contributed by atoms with Gasteiger partial charge < -0.3 is 15.0 Å². The topological polar surface area (TPSA) is 75.7 Å². The van der Waals surface area contributed by atoms with E-state index in [-0.39, 0.29) is 24.2 Å². The lowest BCUT2D eigenvalue weighted by Gasteiger charge is -2.16. The molecule has 0 fully saturated rings. The maximum atomic E-state index is 11.8. The van der Waals surface area contributed by atoms with Crippen molar-refractivity contribution in [1.29, 1.82) is 0 Å². The van der Waals surface area contributed by atoms with E-state index in [2.05, 4.69) is 10.1 Å². The molecule has 0 aliphatic rings. The number of thiophene rings is 1. The highest BCUT2D eigenvalue weighted by Gasteiger charge is 2.11. The first-order valence-corrected chi connectivity index (χ1v) is 7.55. The smallest absolute Gasteiger partial charge is 0.305 e. The molecule has 6 nitrogen and oxygen atoms in total. The van der Waals surface area contributed by atoms with Gasteiger partial charge in [-0.1, -0.05) is 6.07 Å². The van der Waals surface area contributed by atoms with Crippen LogP contribution in [0.15, 0.2) is 17.5 Å². The lowest BCUT2D eigenvalue weighted by atomic mass is 10.3. The second-order valence-electron chi connectivity index (χ2n) is 4.48. The van der Waals surface area contributed by atoms with Crippen LogP contribution in [0.1, 0.15) is 28.9 Å². The fourth-order valence-corrected chi connectivity index (χ4v) is 2.30. The Kier molecular flexibility index (Phi) is 7.45. The van der Waals surface area contributed by atoms with Gasteiger partial charge in [-0.25, -0.2) is 0 Å². The van der Waals surface area contributed by atoms with Crippen molar-refractivity contribution >= 4 is 29.1 Å². The van der Waals surface area contributed by atoms with E-state index in [1.807, 2.05) is 5.38 Å². The van der Waals surface area contributed by atoms with Crippen molar-refractivity contribution in [3.63, 3.8) is 0 Å². The van der Waals surface area contributed by atoms with Crippen LogP contribution in [-0.2, 0) is 14.3 Å². The molecule has 0 saturated carbocycles. The highest BCUT2D eigenvalue weighted by atomic mass is 32.1. The fraction of sp³-hybridized carbons (Fsp3) is 0.500. The average Bonchev–Trinajstić information content (AvgIpc) is 3.00. The Hall–Kier alpha value is -1.89. The van der Waals surface area contributed by atoms with Crippen molar-refractivity contribution in [3.05, 3.63) is 22.4 Å². The van der Waals surface area contributed by atoms with Crippen molar-refractivity contribution in [2.24, 2.45) is 0 Å². The van der Waals surface area contributed by atoms with Gasteiger partial charge in [-0.05, 0) is 17.9 Å². The van der Waals surface area contributed by atoms with E-state index in [0.717, 1.165) is 0 Å². The van der Waals surface area contributed by atoms with Crippen LogP contribution in [0.5, 0.6) is 0 Å². The maximum absolute atomic E-state index is 11.8. The molecular formula is C14H20N2O4S. The van der Waals surface area contributed by atoms with E-state index in [0.29, 0.717) is 30.8 Å². The van der Waals surface area contributed by atoms with Gasteiger partial charge in [0.1, 0.15) is 0 Å². The second-order valence-corrected chi connectivity index (χ2v) is 5.43. The average molecular weight is 312 g/mol. The number of esters is 1. The van der Waals surface area contributed by atoms with E-state index in [9.17, 15) is 14.4 Å². The summed E-state index contributed by atoms with van der Waals surface area (Å²) in [7, 11) is 3.02. The lowest BCUT2D eigenvalue weighted by molar-refractivity contribution is -0.141. The van der Waals surface area contributed by atoms with Gasteiger partial charge in [0.2, 0.25) is 5.91 Å². The van der Waals surface area contributed by atoms with E-state index in [1.165, 1.54) is 18.4 Å². The van der Waals surface area contributed by atoms with Crippen molar-refractivity contribution in [2.45, 2.75) is 19.3 Å². The molecule has 1 rings (SSSR count). The molecule has 0 spiro atoms. The molecule has 1 aromatic heterocycles. The van der Waals surface area contributed by atoms with Crippen LogP contribution in [-0.4, -0.2) is 49.9 Å². The number of methoxy groups -OCH3 is 1. The number of ether oxygens (including phenoxy) is 1. The zero-order valence-corrected chi connectivity index (χ0v) is 13.1. The summed E-state index contributed by atoms with van der Waals surface area (Å²) >= 11 is 1.36. The molecule has 0 aliphatic carbocycles. The first kappa shape index (κ1) is 17.2. The molecule has 0 radical (unpaired) electrons. The van der Waals surface area contributed by atoms with Crippen LogP contribution in [0.4, 0.5) is 0 Å². The number of carbonyl (C=O) groups is 3. The highest BCUT2D eigenvalue weighted by molar-refractivity contribution is 7.12. The van der Waals surface area contributed by atoms with Crippen molar-refractivity contribution in [1.82, 2.24) is 10.2 Å². The maximum Gasteiger partial charge on any atom is 0.305 e. The predicted octanol–water partition coefficient (Wildman–Crippen LogP) is 1.28. The van der Waals surface area contributed by atoms with Crippen LogP contribution in [0, 0.1) is 0 Å². The first-order chi connectivity index (χ1) is 10.0. The zero-order valence-electron chi connectivity index (χ0n) is 12.3. The first-order valence-electron chi connectivity index (χ1n) is 6.67. The molecule has 0 atom stereocenters. The highest BCUT2D eigenvalue weighted by Crippen LogP contribution is 2.07. The summed E-state index contributed by atoms with van der Waals surface area (Å²) in [6.07, 6.45) is 1.10. The van der Waals surface area contributed by atoms with Gasteiger partial charge >= 0.3 is 5.97 Å². The number of nitrogens with zero attached hydrogens (tertiary/aromatic N) is 1. The zero-order chi connectivity index (χ0) is 15.7. The number of carbonyl (C=O) groups excluding carboxylic acids is 3. The van der Waals surface area contributed by atoms with Gasteiger partial charge in [0, 0.05) is 33.0 Å². The van der Waals surface area contributed by atoms with Gasteiger partial charge in [0.25, 0.3) is 5.91 Å². The monoisotopic (exact) mass is 312 g/mol. The summed E-state index contributed by atoms with van der Waals surface area (Å²) in [6.45, 7) is 0.795. The van der Waals surface area contributed by atoms with E-state index in [4.69, 9.17) is 0 Å². The number of amides is 2. The second kappa shape index (κ2) is 9.12. The van der Waals surface area contributed by atoms with Crippen LogP contribution in [0.2, 0.25) is 0 Å². The van der Waals surface area contributed by atoms with E-state index < -0.39 is 0 Å². The Morgan fingerprint density at radius 2 is 2.10 bits per heavy atom. The van der Waals surface area contributed by atoms with Gasteiger partial charge in [-0.2, -0.15) is 0 Å². The normalized spacial score (nSPS) is 10.0. The van der Waals surface area contributed by atoms with Gasteiger partial charge in [-0.15, -0.1) is 11.3 Å². The van der Waals surface area contributed by atoms with Crippen LogP contribution < -0.4 is 5.32 Å². The molecule has 116 valence electrons. The summed E-state index contributed by atoms with van der Waals surface area (Å²) in [6, 6.07) is 3.54. The molecular weight excluding hydrogens is 292 g/mol. The Morgan fingerprint density at radius 1 is 1.33 bits per heavy atom. The summed E-state index contributed by atoms with van der Waals surface area (Å²) in [4.78, 5) is 36.6. The Morgan fingerprint density at radius 3 is 2.71 bits per heavy atom. The SMILES string of the molecule is COC(=O)CCCN(C)C(=O)CCNC(=O)c1cccs1. The minimum atomic E-state index is -0.279. The van der Waals surface area contributed by atoms with Crippen LogP contribution in [0.3, 0.4) is 0 Å². The third-order valence-corrected chi connectivity index (χ3v) is 3.77. The summed E-state index contributed by atoms with van der Waals surface area (Å²) in [5.41, 5.74) is 0. The number of rotatable bonds is 8. The molecule has 0 unspecified atom stereocenters. The fourth-order valence-electron chi connectivity index (χ4n) is 1.66. The largest absolute Gasteiger partial charge is 0.469 e. The number of hydrogen-bond acceptors (Lipinski definition) is 5. The van der Waals surface area contributed by atoms with Crippen molar-refractivity contribution in [2.75, 3.05) is 27.2 Å². The molecule has 21 heavy (non-hydrogen) atoms. The molecule has 1 N–H and O–H groups in total. The number of hydrogen-bond donors (Lipinski definition) is 1. The Labute approximate surface area is 128 Å². The molecule has 1 aromatic rings.